The van der Waals surface area contributed by atoms with Crippen molar-refractivity contribution in [2.24, 2.45) is 0 Å². The van der Waals surface area contributed by atoms with Gasteiger partial charge in [0, 0.05) is 6.07 Å². The average molecular weight is 199 g/mol. The summed E-state index contributed by atoms with van der Waals surface area (Å²) in [6.45, 7) is 0. The molecule has 0 amide bonds. The molecule has 1 rings (SSSR count). The largest absolute Gasteiger partial charge is 0.497 e. The first kappa shape index (κ1) is 10.0. The Bertz CT molecular complexity index is 386. The van der Waals surface area contributed by atoms with Crippen molar-refractivity contribution in [2.45, 2.75) is 4.90 Å². The summed E-state index contributed by atoms with van der Waals surface area (Å²) in [5.41, 5.74) is 0. The maximum absolute atomic E-state index is 11.2. The van der Waals surface area contributed by atoms with Crippen molar-refractivity contribution >= 4 is 10.0 Å². The molecule has 1 N–H and O–H groups in total. The summed E-state index contributed by atoms with van der Waals surface area (Å²) in [4.78, 5) is 0.0781. The number of hydrogen-bond acceptors (Lipinski definition) is 3. The van der Waals surface area contributed by atoms with Crippen LogP contribution in [-0.2, 0) is 10.0 Å². The Morgan fingerprint density at radius 1 is 1.46 bits per heavy atom. The fourth-order valence-electron chi connectivity index (χ4n) is 0.836. The van der Waals surface area contributed by atoms with Crippen molar-refractivity contribution in [1.29, 1.82) is 0 Å². The van der Waals surface area contributed by atoms with Crippen LogP contribution in [0.4, 0.5) is 0 Å². The van der Waals surface area contributed by atoms with E-state index in [0.29, 0.717) is 5.75 Å². The predicted octanol–water partition coefficient (Wildman–Crippen LogP) is 0.642. The van der Waals surface area contributed by atoms with E-state index in [2.05, 4.69) is 0 Å². The van der Waals surface area contributed by atoms with Crippen LogP contribution in [0.3, 0.4) is 0 Å². The summed E-state index contributed by atoms with van der Waals surface area (Å²) >= 11 is 0. The molecule has 0 unspecified atom stereocenters. The number of rotatable bonds is 3. The van der Waals surface area contributed by atoms with Crippen LogP contribution in [0.2, 0.25) is 0 Å². The quantitative estimate of drug-likeness (QED) is 0.727. The lowest BCUT2D eigenvalue weighted by Gasteiger charge is -2.03. The Morgan fingerprint density at radius 3 is 2.69 bits per heavy atom. The van der Waals surface area contributed by atoms with Crippen LogP contribution >= 0.6 is 0 Å². The molecule has 0 spiro atoms. The number of sulfonamides is 1. The zero-order chi connectivity index (χ0) is 9.90. The van der Waals surface area contributed by atoms with Crippen LogP contribution in [0, 0.1) is 7.05 Å². The molecule has 2 radical (unpaired) electrons. The van der Waals surface area contributed by atoms with E-state index in [0.717, 1.165) is 0 Å². The molecule has 0 aromatic heterocycles. The number of nitrogens with one attached hydrogen (secondary N) is 1. The molecule has 70 valence electrons. The van der Waals surface area contributed by atoms with Gasteiger partial charge in [0.1, 0.15) is 5.75 Å². The van der Waals surface area contributed by atoms with Gasteiger partial charge in [-0.25, -0.2) is 13.1 Å². The zero-order valence-corrected chi connectivity index (χ0v) is 7.84. The van der Waals surface area contributed by atoms with Gasteiger partial charge in [-0.3, -0.25) is 0 Å². The molecule has 4 nitrogen and oxygen atoms in total. The molecule has 0 atom stereocenters. The van der Waals surface area contributed by atoms with Crippen molar-refractivity contribution in [3.05, 3.63) is 31.3 Å². The van der Waals surface area contributed by atoms with E-state index < -0.39 is 10.0 Å². The third kappa shape index (κ3) is 2.19. The maximum Gasteiger partial charge on any atom is 0.241 e. The van der Waals surface area contributed by atoms with E-state index in [1.54, 1.807) is 16.9 Å². The number of methoxy groups -OCH3 is 1. The smallest absolute Gasteiger partial charge is 0.241 e. The topological polar surface area (TPSA) is 55.4 Å². The van der Waals surface area contributed by atoms with E-state index in [1.165, 1.54) is 19.2 Å². The number of ether oxygens (including phenoxy) is 1. The van der Waals surface area contributed by atoms with Gasteiger partial charge in [0.25, 0.3) is 0 Å². The first-order valence-corrected chi connectivity index (χ1v) is 4.95. The molecule has 13 heavy (non-hydrogen) atoms. The molecular formula is C8H9NO3S. The van der Waals surface area contributed by atoms with E-state index in [1.807, 2.05) is 0 Å². The molecule has 0 bridgehead atoms. The second-order valence-corrected chi connectivity index (χ2v) is 4.01. The molecule has 0 saturated heterocycles. The zero-order valence-electron chi connectivity index (χ0n) is 7.02. The van der Waals surface area contributed by atoms with Gasteiger partial charge in [-0.2, -0.15) is 0 Å². The molecule has 0 fully saturated rings. The molecule has 0 aliphatic rings. The Labute approximate surface area is 77.6 Å². The molecule has 0 aliphatic carbocycles. The van der Waals surface area contributed by atoms with E-state index >= 15 is 0 Å². The van der Waals surface area contributed by atoms with Crippen LogP contribution in [0.15, 0.2) is 29.2 Å². The summed E-state index contributed by atoms with van der Waals surface area (Å²) in [6, 6.07) is 6.03. The summed E-state index contributed by atoms with van der Waals surface area (Å²) in [5, 5.41) is 0. The lowest BCUT2D eigenvalue weighted by molar-refractivity contribution is 0.413. The van der Waals surface area contributed by atoms with Crippen LogP contribution in [-0.4, -0.2) is 15.5 Å². The van der Waals surface area contributed by atoms with Crippen molar-refractivity contribution in [3.63, 3.8) is 0 Å². The van der Waals surface area contributed by atoms with E-state index in [-0.39, 0.29) is 4.90 Å². The molecule has 1 aromatic rings. The minimum absolute atomic E-state index is 0.0781. The molecule has 0 saturated carbocycles. The third-order valence-corrected chi connectivity index (χ3v) is 2.69. The van der Waals surface area contributed by atoms with Crippen molar-refractivity contribution in [1.82, 2.24) is 4.72 Å². The minimum Gasteiger partial charge on any atom is -0.497 e. The highest BCUT2D eigenvalue weighted by atomic mass is 32.2. The Hall–Kier alpha value is -1.07. The lowest BCUT2D eigenvalue weighted by atomic mass is 10.3. The minimum atomic E-state index is -3.58. The van der Waals surface area contributed by atoms with E-state index in [4.69, 9.17) is 11.8 Å². The third-order valence-electron chi connectivity index (χ3n) is 1.51. The van der Waals surface area contributed by atoms with Crippen LogP contribution < -0.4 is 9.46 Å². The predicted molar refractivity (Wildman–Crippen MR) is 47.6 cm³/mol. The van der Waals surface area contributed by atoms with Gasteiger partial charge >= 0.3 is 0 Å². The van der Waals surface area contributed by atoms with Gasteiger partial charge < -0.3 is 4.74 Å². The highest BCUT2D eigenvalue weighted by molar-refractivity contribution is 7.89. The van der Waals surface area contributed by atoms with Crippen molar-refractivity contribution < 1.29 is 13.2 Å². The van der Waals surface area contributed by atoms with Crippen molar-refractivity contribution in [2.75, 3.05) is 7.11 Å². The van der Waals surface area contributed by atoms with E-state index in [9.17, 15) is 8.42 Å². The van der Waals surface area contributed by atoms with Crippen LogP contribution in [0.5, 0.6) is 5.75 Å². The van der Waals surface area contributed by atoms with Crippen LogP contribution in [0.1, 0.15) is 0 Å². The Kier molecular flexibility index (Phi) is 2.90. The second-order valence-electron chi connectivity index (χ2n) is 2.30. The highest BCUT2D eigenvalue weighted by Gasteiger charge is 2.11. The number of benzene rings is 1. The Balaban J connectivity index is 3.17. The van der Waals surface area contributed by atoms with Gasteiger partial charge in [-0.1, -0.05) is 6.07 Å². The van der Waals surface area contributed by atoms with Gasteiger partial charge in [-0.15, -0.1) is 0 Å². The van der Waals surface area contributed by atoms with Gasteiger partial charge in [0.05, 0.1) is 19.1 Å². The lowest BCUT2D eigenvalue weighted by Crippen LogP contribution is -2.16. The molecule has 1 aromatic carbocycles. The first-order valence-electron chi connectivity index (χ1n) is 3.46. The maximum atomic E-state index is 11.2. The van der Waals surface area contributed by atoms with Crippen LogP contribution in [0.25, 0.3) is 0 Å². The standard InChI is InChI=1S/C8H9NO3S/c1-9-13(10,11)8-5-3-4-7(6-8)12-2/h1,3-6,9H,2H3. The SMILES string of the molecule is [CH]NS(=O)(=O)c1cccc(OC)c1. The van der Waals surface area contributed by atoms with Gasteiger partial charge in [-0.05, 0) is 12.1 Å². The first-order chi connectivity index (χ1) is 6.10. The normalized spacial score (nSPS) is 11.2. The highest BCUT2D eigenvalue weighted by Crippen LogP contribution is 2.16. The summed E-state index contributed by atoms with van der Waals surface area (Å²) in [5.74, 6) is 0.469. The summed E-state index contributed by atoms with van der Waals surface area (Å²) < 4.78 is 28.9. The molecule has 0 aliphatic heterocycles. The fourth-order valence-corrected chi connectivity index (χ4v) is 1.50. The monoisotopic (exact) mass is 199 g/mol. The van der Waals surface area contributed by atoms with Gasteiger partial charge in [0.15, 0.2) is 0 Å². The summed E-state index contributed by atoms with van der Waals surface area (Å²) in [6.07, 6.45) is 0. The Morgan fingerprint density at radius 2 is 2.15 bits per heavy atom. The summed E-state index contributed by atoms with van der Waals surface area (Å²) in [7, 11) is 2.73. The molecular weight excluding hydrogens is 190 g/mol. The van der Waals surface area contributed by atoms with Gasteiger partial charge in [0.2, 0.25) is 10.0 Å². The second kappa shape index (κ2) is 3.76. The fraction of sp³-hybridized carbons (Fsp3) is 0.125. The number of hydrogen-bond donors (Lipinski definition) is 1. The molecule has 5 heteroatoms. The average Bonchev–Trinajstić information content (AvgIpc) is 2.18. The molecule has 0 heterocycles. The van der Waals surface area contributed by atoms with Crippen molar-refractivity contribution in [3.8, 4) is 5.75 Å².